The van der Waals surface area contributed by atoms with Crippen molar-refractivity contribution >= 4 is 55.7 Å². The summed E-state index contributed by atoms with van der Waals surface area (Å²) in [5.41, 5.74) is 10.2. The third kappa shape index (κ3) is 5.79. The zero-order chi connectivity index (χ0) is 30.8. The van der Waals surface area contributed by atoms with E-state index in [4.69, 9.17) is 10.2 Å². The fourth-order valence-electron chi connectivity index (χ4n) is 5.41. The van der Waals surface area contributed by atoms with Crippen LogP contribution in [0.15, 0.2) is 130 Å². The first-order valence-corrected chi connectivity index (χ1v) is 14.7. The van der Waals surface area contributed by atoms with Gasteiger partial charge in [0.15, 0.2) is 0 Å². The van der Waals surface area contributed by atoms with Gasteiger partial charge in [-0.2, -0.15) is 10.2 Å². The van der Waals surface area contributed by atoms with E-state index in [0.29, 0.717) is 0 Å². The fourth-order valence-corrected chi connectivity index (χ4v) is 5.41. The molecule has 6 aromatic rings. The molecular formula is C38H36N6. The summed E-state index contributed by atoms with van der Waals surface area (Å²) in [5.74, 6) is 0. The van der Waals surface area contributed by atoms with E-state index >= 15 is 0 Å². The van der Waals surface area contributed by atoms with Crippen molar-refractivity contribution in [2.75, 3.05) is 38.0 Å². The monoisotopic (exact) mass is 576 g/mol. The molecule has 6 aromatic carbocycles. The van der Waals surface area contributed by atoms with Crippen molar-refractivity contribution in [3.63, 3.8) is 0 Å². The molecule has 218 valence electrons. The number of anilines is 2. The van der Waals surface area contributed by atoms with Gasteiger partial charge in [-0.1, -0.05) is 54.6 Å². The zero-order valence-corrected chi connectivity index (χ0v) is 26.1. The Kier molecular flexibility index (Phi) is 7.90. The van der Waals surface area contributed by atoms with E-state index in [9.17, 15) is 0 Å². The zero-order valence-electron chi connectivity index (χ0n) is 26.1. The Labute approximate surface area is 259 Å². The van der Waals surface area contributed by atoms with Gasteiger partial charge in [-0.3, -0.25) is 0 Å². The number of benzene rings is 6. The van der Waals surface area contributed by atoms with Crippen LogP contribution >= 0.6 is 0 Å². The molecule has 0 heterocycles. The van der Waals surface area contributed by atoms with E-state index in [0.717, 1.165) is 77.9 Å². The molecule has 0 saturated heterocycles. The van der Waals surface area contributed by atoms with E-state index in [1.54, 1.807) is 0 Å². The van der Waals surface area contributed by atoms with Gasteiger partial charge in [-0.05, 0) is 101 Å². The van der Waals surface area contributed by atoms with Crippen molar-refractivity contribution < 1.29 is 0 Å². The SMILES string of the molecule is Cc1ccc2cc(-c3cccc4c(N=Nc5ccc(N(C)C)cc5)c(C)ccc34)ccc2c1N=Nc1ccc(N(C)C)cc1. The summed E-state index contributed by atoms with van der Waals surface area (Å²) in [5, 5.41) is 23.0. The molecule has 0 saturated carbocycles. The van der Waals surface area contributed by atoms with E-state index in [1.165, 1.54) is 0 Å². The van der Waals surface area contributed by atoms with Gasteiger partial charge >= 0.3 is 0 Å². The Balaban J connectivity index is 1.36. The van der Waals surface area contributed by atoms with Crippen molar-refractivity contribution in [3.05, 3.63) is 120 Å². The minimum absolute atomic E-state index is 0.825. The number of nitrogens with zero attached hydrogens (tertiary/aromatic N) is 6. The number of rotatable bonds is 7. The highest BCUT2D eigenvalue weighted by molar-refractivity contribution is 6.05. The van der Waals surface area contributed by atoms with Crippen LogP contribution in [0.5, 0.6) is 0 Å². The number of hydrogen-bond donors (Lipinski definition) is 0. The topological polar surface area (TPSA) is 55.9 Å². The highest BCUT2D eigenvalue weighted by Crippen LogP contribution is 2.39. The quantitative estimate of drug-likeness (QED) is 0.177. The lowest BCUT2D eigenvalue weighted by Crippen LogP contribution is -2.07. The second-order valence-corrected chi connectivity index (χ2v) is 11.5. The van der Waals surface area contributed by atoms with Gasteiger partial charge in [-0.25, -0.2) is 0 Å². The fraction of sp³-hybridized carbons (Fsp3) is 0.158. The maximum absolute atomic E-state index is 4.73. The minimum atomic E-state index is 0.825. The Hall–Kier alpha value is -5.36. The molecule has 0 N–H and O–H groups in total. The first-order chi connectivity index (χ1) is 21.3. The summed E-state index contributed by atoms with van der Waals surface area (Å²) in [6.45, 7) is 4.16. The van der Waals surface area contributed by atoms with Gasteiger partial charge in [0.05, 0.1) is 22.7 Å². The van der Waals surface area contributed by atoms with Crippen molar-refractivity contribution in [3.8, 4) is 11.1 Å². The van der Waals surface area contributed by atoms with Crippen LogP contribution in [0.2, 0.25) is 0 Å². The van der Waals surface area contributed by atoms with Crippen molar-refractivity contribution in [1.82, 2.24) is 0 Å². The minimum Gasteiger partial charge on any atom is -0.378 e. The Morgan fingerprint density at radius 2 is 0.977 bits per heavy atom. The number of azo groups is 2. The molecule has 0 aliphatic rings. The van der Waals surface area contributed by atoms with Gasteiger partial charge in [-0.15, -0.1) is 10.2 Å². The predicted octanol–water partition coefficient (Wildman–Crippen LogP) is 11.2. The predicted molar refractivity (Wildman–Crippen MR) is 186 cm³/mol. The van der Waals surface area contributed by atoms with Crippen molar-refractivity contribution in [1.29, 1.82) is 0 Å². The summed E-state index contributed by atoms with van der Waals surface area (Å²) in [7, 11) is 8.11. The molecule has 0 aliphatic carbocycles. The standard InChI is InChI=1S/C38H36N6/c1-25-10-12-28-24-27(13-23-34(28)37(25)41-39-29-14-18-31(19-15-29)43(3)4)33-8-7-9-36-35(33)22-11-26(2)38(36)42-40-30-16-20-32(21-17-30)44(5)6/h7-24H,1-6H3. The van der Waals surface area contributed by atoms with Crippen LogP contribution in [0.3, 0.4) is 0 Å². The summed E-state index contributed by atoms with van der Waals surface area (Å²) in [6, 6.07) is 37.8. The Morgan fingerprint density at radius 3 is 1.55 bits per heavy atom. The summed E-state index contributed by atoms with van der Waals surface area (Å²) in [6.07, 6.45) is 0. The van der Waals surface area contributed by atoms with Crippen LogP contribution in [0.1, 0.15) is 11.1 Å². The molecule has 6 rings (SSSR count). The van der Waals surface area contributed by atoms with Crippen LogP contribution in [-0.4, -0.2) is 28.2 Å². The molecule has 0 bridgehead atoms. The van der Waals surface area contributed by atoms with Gasteiger partial charge in [0.25, 0.3) is 0 Å². The normalized spacial score (nSPS) is 11.7. The van der Waals surface area contributed by atoms with Gasteiger partial charge in [0.1, 0.15) is 0 Å². The van der Waals surface area contributed by atoms with Crippen LogP contribution in [0, 0.1) is 13.8 Å². The highest BCUT2D eigenvalue weighted by Gasteiger charge is 2.12. The lowest BCUT2D eigenvalue weighted by molar-refractivity contribution is 1.13. The first-order valence-electron chi connectivity index (χ1n) is 14.7. The van der Waals surface area contributed by atoms with Gasteiger partial charge in [0.2, 0.25) is 0 Å². The molecule has 0 aromatic heterocycles. The van der Waals surface area contributed by atoms with E-state index < -0.39 is 0 Å². The third-order valence-electron chi connectivity index (χ3n) is 8.00. The van der Waals surface area contributed by atoms with E-state index in [1.807, 2.05) is 52.5 Å². The molecule has 44 heavy (non-hydrogen) atoms. The maximum atomic E-state index is 4.73. The van der Waals surface area contributed by atoms with E-state index in [2.05, 4.69) is 119 Å². The van der Waals surface area contributed by atoms with Crippen molar-refractivity contribution in [2.24, 2.45) is 20.5 Å². The number of aryl methyl sites for hydroxylation is 2. The van der Waals surface area contributed by atoms with Crippen LogP contribution < -0.4 is 9.80 Å². The average molecular weight is 577 g/mol. The van der Waals surface area contributed by atoms with Crippen LogP contribution in [0.25, 0.3) is 32.7 Å². The molecule has 0 fully saturated rings. The summed E-state index contributed by atoms with van der Waals surface area (Å²) in [4.78, 5) is 4.14. The maximum Gasteiger partial charge on any atom is 0.0964 e. The first kappa shape index (κ1) is 28.7. The summed E-state index contributed by atoms with van der Waals surface area (Å²) < 4.78 is 0. The Morgan fingerprint density at radius 1 is 0.455 bits per heavy atom. The average Bonchev–Trinajstić information content (AvgIpc) is 3.03. The van der Waals surface area contributed by atoms with Crippen molar-refractivity contribution in [2.45, 2.75) is 13.8 Å². The molecule has 0 atom stereocenters. The largest absolute Gasteiger partial charge is 0.378 e. The number of hydrogen-bond acceptors (Lipinski definition) is 6. The molecule has 6 heteroatoms. The highest BCUT2D eigenvalue weighted by atomic mass is 15.1. The lowest BCUT2D eigenvalue weighted by atomic mass is 9.94. The van der Waals surface area contributed by atoms with Crippen LogP contribution in [-0.2, 0) is 0 Å². The molecular weight excluding hydrogens is 540 g/mol. The molecule has 6 nitrogen and oxygen atoms in total. The molecule has 0 amide bonds. The summed E-state index contributed by atoms with van der Waals surface area (Å²) >= 11 is 0. The number of fused-ring (bicyclic) bond motifs is 2. The molecule has 0 radical (unpaired) electrons. The molecule has 0 unspecified atom stereocenters. The van der Waals surface area contributed by atoms with Gasteiger partial charge < -0.3 is 9.80 Å². The Bertz CT molecular complexity index is 2020. The van der Waals surface area contributed by atoms with Gasteiger partial charge in [0, 0.05) is 50.3 Å². The molecule has 0 aliphatic heterocycles. The second-order valence-electron chi connectivity index (χ2n) is 11.5. The van der Waals surface area contributed by atoms with Crippen LogP contribution in [0.4, 0.5) is 34.1 Å². The molecule has 0 spiro atoms. The smallest absolute Gasteiger partial charge is 0.0964 e. The van der Waals surface area contributed by atoms with E-state index in [-0.39, 0.29) is 0 Å². The lowest BCUT2D eigenvalue weighted by Gasteiger charge is -2.13. The second kappa shape index (κ2) is 12.1. The third-order valence-corrected chi connectivity index (χ3v) is 8.00.